The number of hydrogen-bond donors (Lipinski definition) is 1. The van der Waals surface area contributed by atoms with E-state index in [1.807, 2.05) is 12.1 Å². The fraction of sp³-hybridized carbons (Fsp3) is 0.136. The zero-order valence-corrected chi connectivity index (χ0v) is 17.1. The van der Waals surface area contributed by atoms with Crippen molar-refractivity contribution in [3.8, 4) is 0 Å². The van der Waals surface area contributed by atoms with Crippen LogP contribution in [0.1, 0.15) is 34.5 Å². The number of rotatable bonds is 6. The van der Waals surface area contributed by atoms with E-state index >= 15 is 0 Å². The number of esters is 1. The van der Waals surface area contributed by atoms with E-state index < -0.39 is 17.9 Å². The molecule has 1 unspecified atom stereocenters. The number of fused-ring (bicyclic) bond motifs is 1. The number of pyridine rings is 1. The molecule has 1 amide bonds. The SMILES string of the molecule is C=Cc1cnc2c(C(NC(=O)c3c(Cl)cccc3Cl)C(=O)OCC)cccc2c1. The fourth-order valence-electron chi connectivity index (χ4n) is 2.95. The average molecular weight is 429 g/mol. The summed E-state index contributed by atoms with van der Waals surface area (Å²) in [5.74, 6) is -1.19. The topological polar surface area (TPSA) is 68.3 Å². The molecular formula is C22H18Cl2N2O3. The van der Waals surface area contributed by atoms with Crippen molar-refractivity contribution in [3.05, 3.63) is 82.0 Å². The van der Waals surface area contributed by atoms with Gasteiger partial charge in [-0.3, -0.25) is 9.78 Å². The number of nitrogens with one attached hydrogen (secondary N) is 1. The van der Waals surface area contributed by atoms with Crippen LogP contribution in [-0.2, 0) is 9.53 Å². The third-order valence-electron chi connectivity index (χ3n) is 4.30. The lowest BCUT2D eigenvalue weighted by atomic mass is 10.0. The van der Waals surface area contributed by atoms with E-state index in [1.54, 1.807) is 49.5 Å². The number of ether oxygens (including phenoxy) is 1. The fourth-order valence-corrected chi connectivity index (χ4v) is 3.52. The average Bonchev–Trinajstić information content (AvgIpc) is 2.71. The molecule has 1 heterocycles. The molecular weight excluding hydrogens is 411 g/mol. The van der Waals surface area contributed by atoms with Crippen LogP contribution in [0.3, 0.4) is 0 Å². The molecule has 29 heavy (non-hydrogen) atoms. The monoisotopic (exact) mass is 428 g/mol. The van der Waals surface area contributed by atoms with E-state index in [9.17, 15) is 9.59 Å². The predicted octanol–water partition coefficient (Wildman–Crippen LogP) is 5.22. The summed E-state index contributed by atoms with van der Waals surface area (Å²) >= 11 is 12.3. The molecule has 0 aliphatic carbocycles. The standard InChI is InChI=1S/C22H18Cl2N2O3/c1-3-13-11-14-7-5-8-15(19(14)25-12-13)20(22(28)29-4-2)26-21(27)18-16(23)9-6-10-17(18)24/h3,5-12,20H,1,4H2,2H3,(H,26,27). The molecule has 0 spiro atoms. The van der Waals surface area contributed by atoms with Gasteiger partial charge in [-0.05, 0) is 30.7 Å². The van der Waals surface area contributed by atoms with E-state index in [2.05, 4.69) is 16.9 Å². The van der Waals surface area contributed by atoms with Crippen molar-refractivity contribution < 1.29 is 14.3 Å². The number of nitrogens with zero attached hydrogens (tertiary/aromatic N) is 1. The maximum absolute atomic E-state index is 12.9. The van der Waals surface area contributed by atoms with Crippen LogP contribution < -0.4 is 5.32 Å². The Balaban J connectivity index is 2.07. The molecule has 0 aliphatic rings. The Bertz CT molecular complexity index is 1080. The van der Waals surface area contributed by atoms with Gasteiger partial charge in [-0.15, -0.1) is 0 Å². The number of hydrogen-bond acceptors (Lipinski definition) is 4. The summed E-state index contributed by atoms with van der Waals surface area (Å²) in [6.45, 7) is 5.60. The van der Waals surface area contributed by atoms with Crippen LogP contribution in [0.25, 0.3) is 17.0 Å². The number of para-hydroxylation sites is 1. The van der Waals surface area contributed by atoms with E-state index in [0.29, 0.717) is 11.1 Å². The van der Waals surface area contributed by atoms with Crippen LogP contribution >= 0.6 is 23.2 Å². The number of benzene rings is 2. The summed E-state index contributed by atoms with van der Waals surface area (Å²) in [5, 5.41) is 3.87. The van der Waals surface area contributed by atoms with Crippen molar-refractivity contribution >= 4 is 52.1 Å². The normalized spacial score (nSPS) is 11.7. The number of aromatic nitrogens is 1. The molecule has 3 rings (SSSR count). The molecule has 0 bridgehead atoms. The third kappa shape index (κ3) is 4.42. The summed E-state index contributed by atoms with van der Waals surface area (Å²) in [6, 6.07) is 10.9. The Kier molecular flexibility index (Phi) is 6.52. The van der Waals surface area contributed by atoms with Crippen molar-refractivity contribution in [3.63, 3.8) is 0 Å². The molecule has 7 heteroatoms. The largest absolute Gasteiger partial charge is 0.464 e. The Morgan fingerprint density at radius 3 is 2.55 bits per heavy atom. The van der Waals surface area contributed by atoms with Gasteiger partial charge >= 0.3 is 5.97 Å². The Hall–Kier alpha value is -2.89. The highest BCUT2D eigenvalue weighted by Gasteiger charge is 2.28. The van der Waals surface area contributed by atoms with Gasteiger partial charge in [0.25, 0.3) is 5.91 Å². The van der Waals surface area contributed by atoms with E-state index in [0.717, 1.165) is 10.9 Å². The number of amides is 1. The lowest BCUT2D eigenvalue weighted by Crippen LogP contribution is -2.35. The number of carbonyl (C=O) groups is 2. The second kappa shape index (κ2) is 9.07. The molecule has 3 aromatic rings. The number of halogens is 2. The molecule has 0 saturated carbocycles. The van der Waals surface area contributed by atoms with Crippen LogP contribution in [0.5, 0.6) is 0 Å². The van der Waals surface area contributed by atoms with Gasteiger partial charge in [0.15, 0.2) is 6.04 Å². The van der Waals surface area contributed by atoms with Crippen LogP contribution in [0, 0.1) is 0 Å². The highest BCUT2D eigenvalue weighted by Crippen LogP contribution is 2.28. The minimum Gasteiger partial charge on any atom is -0.464 e. The highest BCUT2D eigenvalue weighted by molar-refractivity contribution is 6.39. The van der Waals surface area contributed by atoms with E-state index in [-0.39, 0.29) is 22.2 Å². The molecule has 1 aromatic heterocycles. The van der Waals surface area contributed by atoms with Crippen molar-refractivity contribution in [2.45, 2.75) is 13.0 Å². The van der Waals surface area contributed by atoms with Gasteiger partial charge in [-0.1, -0.05) is 60.1 Å². The van der Waals surface area contributed by atoms with Gasteiger partial charge in [0.1, 0.15) is 0 Å². The lowest BCUT2D eigenvalue weighted by Gasteiger charge is -2.20. The maximum atomic E-state index is 12.9. The van der Waals surface area contributed by atoms with Crippen molar-refractivity contribution in [2.24, 2.45) is 0 Å². The summed E-state index contributed by atoms with van der Waals surface area (Å²) in [5.41, 5.74) is 2.01. The minimum absolute atomic E-state index is 0.0901. The Labute approximate surface area is 178 Å². The minimum atomic E-state index is -1.08. The molecule has 1 atom stereocenters. The van der Waals surface area contributed by atoms with Gasteiger partial charge in [0.2, 0.25) is 0 Å². The first-order valence-electron chi connectivity index (χ1n) is 8.88. The molecule has 2 aromatic carbocycles. The van der Waals surface area contributed by atoms with E-state index in [4.69, 9.17) is 27.9 Å². The molecule has 148 valence electrons. The van der Waals surface area contributed by atoms with Gasteiger partial charge in [0.05, 0.1) is 27.7 Å². The van der Waals surface area contributed by atoms with Crippen molar-refractivity contribution in [2.75, 3.05) is 6.61 Å². The molecule has 5 nitrogen and oxygen atoms in total. The first-order valence-corrected chi connectivity index (χ1v) is 9.64. The highest BCUT2D eigenvalue weighted by atomic mass is 35.5. The quantitative estimate of drug-likeness (QED) is 0.546. The second-order valence-electron chi connectivity index (χ2n) is 6.15. The van der Waals surface area contributed by atoms with Gasteiger partial charge in [-0.25, -0.2) is 4.79 Å². The molecule has 0 saturated heterocycles. The van der Waals surface area contributed by atoms with Gasteiger partial charge < -0.3 is 10.1 Å². The lowest BCUT2D eigenvalue weighted by molar-refractivity contribution is -0.145. The van der Waals surface area contributed by atoms with Crippen molar-refractivity contribution in [1.82, 2.24) is 10.3 Å². The molecule has 0 radical (unpaired) electrons. The van der Waals surface area contributed by atoms with Crippen LogP contribution in [0.4, 0.5) is 0 Å². The maximum Gasteiger partial charge on any atom is 0.333 e. The predicted molar refractivity (Wildman–Crippen MR) is 115 cm³/mol. The summed E-state index contributed by atoms with van der Waals surface area (Å²) in [7, 11) is 0. The summed E-state index contributed by atoms with van der Waals surface area (Å²) in [4.78, 5) is 30.0. The Morgan fingerprint density at radius 2 is 1.90 bits per heavy atom. The number of carbonyl (C=O) groups excluding carboxylic acids is 2. The van der Waals surface area contributed by atoms with Crippen molar-refractivity contribution in [1.29, 1.82) is 0 Å². The molecule has 1 N–H and O–H groups in total. The smallest absolute Gasteiger partial charge is 0.333 e. The molecule has 0 fully saturated rings. The molecule has 0 aliphatic heterocycles. The van der Waals surface area contributed by atoms with E-state index in [1.165, 1.54) is 0 Å². The second-order valence-corrected chi connectivity index (χ2v) is 6.96. The third-order valence-corrected chi connectivity index (χ3v) is 4.93. The van der Waals surface area contributed by atoms with Gasteiger partial charge in [0, 0.05) is 17.1 Å². The van der Waals surface area contributed by atoms with Crippen LogP contribution in [0.15, 0.2) is 55.2 Å². The summed E-state index contributed by atoms with van der Waals surface area (Å²) < 4.78 is 5.19. The van der Waals surface area contributed by atoms with Gasteiger partial charge in [-0.2, -0.15) is 0 Å². The zero-order valence-electron chi connectivity index (χ0n) is 15.6. The Morgan fingerprint density at radius 1 is 1.21 bits per heavy atom. The summed E-state index contributed by atoms with van der Waals surface area (Å²) in [6.07, 6.45) is 3.33. The zero-order chi connectivity index (χ0) is 21.0. The van der Waals surface area contributed by atoms with Crippen LogP contribution in [0.2, 0.25) is 10.0 Å². The first-order chi connectivity index (χ1) is 14.0. The first kappa shape index (κ1) is 20.8. The van der Waals surface area contributed by atoms with Crippen LogP contribution in [-0.4, -0.2) is 23.5 Å².